The molecule has 0 amide bonds. The summed E-state index contributed by atoms with van der Waals surface area (Å²) >= 11 is 0. The molecule has 0 fully saturated rings. The first-order valence-corrected chi connectivity index (χ1v) is 6.38. The van der Waals surface area contributed by atoms with Crippen molar-refractivity contribution in [1.82, 2.24) is 4.90 Å². The van der Waals surface area contributed by atoms with Gasteiger partial charge in [0.15, 0.2) is 6.29 Å². The minimum absolute atomic E-state index is 0.0868. The van der Waals surface area contributed by atoms with E-state index in [1.54, 1.807) is 7.11 Å². The molecule has 18 heavy (non-hydrogen) atoms. The number of fused-ring (bicyclic) bond motifs is 1. The zero-order chi connectivity index (χ0) is 13.0. The molecule has 0 bridgehead atoms. The van der Waals surface area contributed by atoms with Gasteiger partial charge in [-0.15, -0.1) is 0 Å². The molecular weight excluding hydrogens is 230 g/mol. The van der Waals surface area contributed by atoms with Crippen molar-refractivity contribution >= 4 is 0 Å². The Morgan fingerprint density at radius 1 is 1.44 bits per heavy atom. The van der Waals surface area contributed by atoms with Gasteiger partial charge in [-0.25, -0.2) is 0 Å². The summed E-state index contributed by atoms with van der Waals surface area (Å²) in [6, 6.07) is 8.12. The zero-order valence-corrected chi connectivity index (χ0v) is 11.0. The third kappa shape index (κ3) is 2.72. The average molecular weight is 251 g/mol. The molecule has 0 saturated heterocycles. The van der Waals surface area contributed by atoms with E-state index in [1.807, 2.05) is 19.1 Å². The largest absolute Gasteiger partial charge is 0.383 e. The summed E-state index contributed by atoms with van der Waals surface area (Å²) in [5.74, 6) is 0. The lowest BCUT2D eigenvalue weighted by Crippen LogP contribution is -2.35. The van der Waals surface area contributed by atoms with Crippen LogP contribution in [0, 0.1) is 0 Å². The van der Waals surface area contributed by atoms with E-state index in [2.05, 4.69) is 17.0 Å². The molecule has 1 heterocycles. The molecule has 2 unspecified atom stereocenters. The van der Waals surface area contributed by atoms with Crippen LogP contribution < -0.4 is 0 Å². The normalized spacial score (nSPS) is 20.9. The van der Waals surface area contributed by atoms with Gasteiger partial charge in [-0.1, -0.05) is 24.3 Å². The van der Waals surface area contributed by atoms with Crippen LogP contribution in [-0.4, -0.2) is 43.2 Å². The van der Waals surface area contributed by atoms with E-state index < -0.39 is 6.29 Å². The highest BCUT2D eigenvalue weighted by Gasteiger charge is 2.35. The molecule has 0 spiro atoms. The number of rotatable bonds is 6. The van der Waals surface area contributed by atoms with Gasteiger partial charge >= 0.3 is 0 Å². The van der Waals surface area contributed by atoms with Crippen LogP contribution in [0.15, 0.2) is 24.3 Å². The van der Waals surface area contributed by atoms with E-state index in [0.717, 1.165) is 18.7 Å². The summed E-state index contributed by atoms with van der Waals surface area (Å²) in [7, 11) is 1.69. The quantitative estimate of drug-likeness (QED) is 0.779. The average Bonchev–Trinajstić information content (AvgIpc) is 2.74. The Kier molecular flexibility index (Phi) is 4.72. The molecule has 2 rings (SSSR count). The Labute approximate surface area is 108 Å². The maximum Gasteiger partial charge on any atom is 0.174 e. The molecule has 1 aliphatic rings. The second-order valence-corrected chi connectivity index (χ2v) is 4.45. The maximum absolute atomic E-state index is 10.2. The van der Waals surface area contributed by atoms with Gasteiger partial charge in [0.1, 0.15) is 0 Å². The Morgan fingerprint density at radius 3 is 2.94 bits per heavy atom. The van der Waals surface area contributed by atoms with Crippen molar-refractivity contribution < 1.29 is 14.6 Å². The lowest BCUT2D eigenvalue weighted by molar-refractivity contribution is -0.141. The van der Waals surface area contributed by atoms with E-state index in [-0.39, 0.29) is 6.04 Å². The van der Waals surface area contributed by atoms with Crippen LogP contribution in [0.4, 0.5) is 0 Å². The fourth-order valence-corrected chi connectivity index (χ4v) is 2.50. The minimum atomic E-state index is -0.782. The second-order valence-electron chi connectivity index (χ2n) is 4.45. The van der Waals surface area contributed by atoms with Gasteiger partial charge in [0.05, 0.1) is 12.6 Å². The molecule has 2 atom stereocenters. The molecule has 100 valence electrons. The van der Waals surface area contributed by atoms with Gasteiger partial charge in [0, 0.05) is 26.8 Å². The molecule has 0 aliphatic carbocycles. The van der Waals surface area contributed by atoms with E-state index >= 15 is 0 Å². The number of ether oxygens (including phenoxy) is 2. The van der Waals surface area contributed by atoms with Crippen LogP contribution in [0.2, 0.25) is 0 Å². The smallest absolute Gasteiger partial charge is 0.174 e. The molecular formula is C14H21NO3. The Hall–Kier alpha value is -0.940. The topological polar surface area (TPSA) is 41.9 Å². The van der Waals surface area contributed by atoms with Crippen LogP contribution in [0.5, 0.6) is 0 Å². The third-order valence-corrected chi connectivity index (χ3v) is 3.33. The van der Waals surface area contributed by atoms with Gasteiger partial charge in [-0.05, 0) is 18.1 Å². The van der Waals surface area contributed by atoms with E-state index in [1.165, 1.54) is 5.56 Å². The lowest BCUT2D eigenvalue weighted by atomic mass is 10.0. The molecule has 4 heteroatoms. The Balaban J connectivity index is 2.18. The van der Waals surface area contributed by atoms with Gasteiger partial charge in [0.2, 0.25) is 0 Å². The van der Waals surface area contributed by atoms with Crippen LogP contribution in [-0.2, 0) is 16.0 Å². The minimum Gasteiger partial charge on any atom is -0.383 e. The molecule has 0 saturated carbocycles. The van der Waals surface area contributed by atoms with Crippen molar-refractivity contribution in [3.05, 3.63) is 35.4 Å². The molecule has 1 N–H and O–H groups in total. The highest BCUT2D eigenvalue weighted by Crippen LogP contribution is 2.35. The Morgan fingerprint density at radius 2 is 2.22 bits per heavy atom. The molecule has 1 aliphatic heterocycles. The van der Waals surface area contributed by atoms with Crippen molar-refractivity contribution in [2.45, 2.75) is 25.8 Å². The van der Waals surface area contributed by atoms with E-state index in [9.17, 15) is 5.11 Å². The van der Waals surface area contributed by atoms with Crippen molar-refractivity contribution in [2.24, 2.45) is 0 Å². The number of hydrogen-bond donors (Lipinski definition) is 1. The van der Waals surface area contributed by atoms with Gasteiger partial charge in [-0.3, -0.25) is 4.90 Å². The third-order valence-electron chi connectivity index (χ3n) is 3.33. The zero-order valence-electron chi connectivity index (χ0n) is 11.0. The summed E-state index contributed by atoms with van der Waals surface area (Å²) in [4.78, 5) is 2.20. The number of hydrogen-bond acceptors (Lipinski definition) is 4. The summed E-state index contributed by atoms with van der Waals surface area (Å²) in [5.41, 5.74) is 2.42. The molecule has 1 aromatic carbocycles. The summed E-state index contributed by atoms with van der Waals surface area (Å²) in [5, 5.41) is 10.2. The molecule has 4 nitrogen and oxygen atoms in total. The van der Waals surface area contributed by atoms with Crippen LogP contribution in [0.3, 0.4) is 0 Å². The number of methoxy groups -OCH3 is 1. The summed E-state index contributed by atoms with van der Waals surface area (Å²) in [6.45, 7) is 4.69. The predicted octanol–water partition coefficient (Wildman–Crippen LogP) is 1.54. The fourth-order valence-electron chi connectivity index (χ4n) is 2.50. The van der Waals surface area contributed by atoms with Gasteiger partial charge in [0.25, 0.3) is 0 Å². The first-order chi connectivity index (χ1) is 8.77. The van der Waals surface area contributed by atoms with Crippen LogP contribution >= 0.6 is 0 Å². The van der Waals surface area contributed by atoms with E-state index in [4.69, 9.17) is 9.47 Å². The standard InChI is InChI=1S/C14H21NO3/c1-3-18-14(16)13-12-7-5-4-6-11(12)10-15(13)8-9-17-2/h4-7,13-14,16H,3,8-10H2,1-2H3. The monoisotopic (exact) mass is 251 g/mol. The van der Waals surface area contributed by atoms with Crippen LogP contribution in [0.1, 0.15) is 24.1 Å². The SMILES string of the molecule is CCOC(O)C1c2ccccc2CN1CCOC. The highest BCUT2D eigenvalue weighted by molar-refractivity contribution is 5.34. The van der Waals surface area contributed by atoms with Gasteiger partial charge in [-0.2, -0.15) is 0 Å². The predicted molar refractivity (Wildman–Crippen MR) is 69.1 cm³/mol. The lowest BCUT2D eigenvalue weighted by Gasteiger charge is -2.28. The van der Waals surface area contributed by atoms with E-state index in [0.29, 0.717) is 13.2 Å². The first-order valence-electron chi connectivity index (χ1n) is 6.38. The molecule has 1 aromatic rings. The van der Waals surface area contributed by atoms with Crippen molar-refractivity contribution in [2.75, 3.05) is 26.9 Å². The van der Waals surface area contributed by atoms with Gasteiger partial charge < -0.3 is 14.6 Å². The summed E-state index contributed by atoms with van der Waals surface area (Å²) in [6.07, 6.45) is -0.782. The number of aliphatic hydroxyl groups excluding tert-OH is 1. The first kappa shape index (κ1) is 13.5. The van der Waals surface area contributed by atoms with Crippen molar-refractivity contribution in [3.63, 3.8) is 0 Å². The number of nitrogens with zero attached hydrogens (tertiary/aromatic N) is 1. The molecule has 0 radical (unpaired) electrons. The Bertz CT molecular complexity index is 383. The van der Waals surface area contributed by atoms with Crippen molar-refractivity contribution in [1.29, 1.82) is 0 Å². The second kappa shape index (κ2) is 6.29. The number of aliphatic hydroxyl groups is 1. The van der Waals surface area contributed by atoms with Crippen molar-refractivity contribution in [3.8, 4) is 0 Å². The highest BCUT2D eigenvalue weighted by atomic mass is 16.6. The maximum atomic E-state index is 10.2. The fraction of sp³-hybridized carbons (Fsp3) is 0.571. The summed E-state index contributed by atoms with van der Waals surface area (Å²) < 4.78 is 10.5. The van der Waals surface area contributed by atoms with Crippen LogP contribution in [0.25, 0.3) is 0 Å². The number of benzene rings is 1. The molecule has 0 aromatic heterocycles.